The van der Waals surface area contributed by atoms with E-state index in [4.69, 9.17) is 5.73 Å². The molecule has 1 aromatic rings. The SMILES string of the molecule is NC(CNC(=O)C1CCN(C2=NS(=O)(=O)c3ccccc32)CC1)C1CC1. The van der Waals surface area contributed by atoms with Crippen molar-refractivity contribution in [2.45, 2.75) is 36.6 Å². The van der Waals surface area contributed by atoms with Crippen molar-refractivity contribution in [3.05, 3.63) is 29.8 Å². The molecular formula is C18H24N4O3S. The highest BCUT2D eigenvalue weighted by molar-refractivity contribution is 7.90. The first-order valence-corrected chi connectivity index (χ1v) is 10.6. The summed E-state index contributed by atoms with van der Waals surface area (Å²) >= 11 is 0. The molecule has 8 heteroatoms. The molecule has 1 atom stereocenters. The van der Waals surface area contributed by atoms with E-state index >= 15 is 0 Å². The topological polar surface area (TPSA) is 105 Å². The van der Waals surface area contributed by atoms with Crippen LogP contribution in [0.1, 0.15) is 31.2 Å². The fourth-order valence-electron chi connectivity index (χ4n) is 3.72. The van der Waals surface area contributed by atoms with Crippen molar-refractivity contribution in [3.8, 4) is 0 Å². The van der Waals surface area contributed by atoms with E-state index in [0.717, 1.165) is 0 Å². The minimum Gasteiger partial charge on any atom is -0.355 e. The van der Waals surface area contributed by atoms with Crippen LogP contribution in [0.3, 0.4) is 0 Å². The normalized spacial score (nSPS) is 23.3. The molecule has 26 heavy (non-hydrogen) atoms. The van der Waals surface area contributed by atoms with Crippen LogP contribution in [0.25, 0.3) is 0 Å². The quantitative estimate of drug-likeness (QED) is 0.805. The van der Waals surface area contributed by atoms with Gasteiger partial charge in [0.1, 0.15) is 4.90 Å². The van der Waals surface area contributed by atoms with Gasteiger partial charge in [-0.1, -0.05) is 12.1 Å². The third-order valence-corrected chi connectivity index (χ3v) is 6.84. The van der Waals surface area contributed by atoms with Crippen LogP contribution in [0, 0.1) is 11.8 Å². The molecule has 1 unspecified atom stereocenters. The number of carbonyl (C=O) groups is 1. The first-order chi connectivity index (χ1) is 12.5. The number of likely N-dealkylation sites (tertiary alicyclic amines) is 1. The number of hydrogen-bond acceptors (Lipinski definition) is 5. The molecule has 7 nitrogen and oxygen atoms in total. The largest absolute Gasteiger partial charge is 0.355 e. The van der Waals surface area contributed by atoms with Gasteiger partial charge in [0.25, 0.3) is 10.0 Å². The molecule has 1 saturated carbocycles. The maximum Gasteiger partial charge on any atom is 0.285 e. The highest BCUT2D eigenvalue weighted by atomic mass is 32.2. The lowest BCUT2D eigenvalue weighted by atomic mass is 9.95. The molecule has 0 bridgehead atoms. The van der Waals surface area contributed by atoms with Crippen LogP contribution in [-0.4, -0.2) is 50.7 Å². The molecule has 2 heterocycles. The van der Waals surface area contributed by atoms with E-state index in [1.165, 1.54) is 12.8 Å². The monoisotopic (exact) mass is 376 g/mol. The number of piperidine rings is 1. The van der Waals surface area contributed by atoms with Crippen LogP contribution in [-0.2, 0) is 14.8 Å². The minimum absolute atomic E-state index is 0.0495. The second-order valence-corrected chi connectivity index (χ2v) is 8.97. The lowest BCUT2D eigenvalue weighted by Crippen LogP contribution is -2.45. The summed E-state index contributed by atoms with van der Waals surface area (Å²) in [4.78, 5) is 14.6. The van der Waals surface area contributed by atoms with E-state index in [9.17, 15) is 13.2 Å². The zero-order valence-electron chi connectivity index (χ0n) is 14.6. The van der Waals surface area contributed by atoms with Gasteiger partial charge in [-0.25, -0.2) is 0 Å². The van der Waals surface area contributed by atoms with Crippen LogP contribution >= 0.6 is 0 Å². The van der Waals surface area contributed by atoms with Gasteiger partial charge in [-0.05, 0) is 43.7 Å². The zero-order chi connectivity index (χ0) is 18.3. The Balaban J connectivity index is 1.36. The summed E-state index contributed by atoms with van der Waals surface area (Å²) in [5.41, 5.74) is 6.69. The van der Waals surface area contributed by atoms with Crippen molar-refractivity contribution in [2.24, 2.45) is 22.0 Å². The van der Waals surface area contributed by atoms with E-state index < -0.39 is 10.0 Å². The van der Waals surface area contributed by atoms with Gasteiger partial charge in [-0.3, -0.25) is 4.79 Å². The molecule has 1 amide bonds. The highest BCUT2D eigenvalue weighted by Crippen LogP contribution is 2.31. The molecule has 2 fully saturated rings. The van der Waals surface area contributed by atoms with Crippen LogP contribution in [0.2, 0.25) is 0 Å². The van der Waals surface area contributed by atoms with E-state index in [-0.39, 0.29) is 22.8 Å². The molecule has 1 aromatic carbocycles. The molecule has 3 aliphatic rings. The maximum atomic E-state index is 12.4. The number of benzene rings is 1. The Hall–Kier alpha value is -1.93. The maximum absolute atomic E-state index is 12.4. The van der Waals surface area contributed by atoms with Crippen LogP contribution < -0.4 is 11.1 Å². The van der Waals surface area contributed by atoms with Gasteiger partial charge in [-0.2, -0.15) is 8.42 Å². The molecular weight excluding hydrogens is 352 g/mol. The number of amides is 1. The Morgan fingerprint density at radius 2 is 1.92 bits per heavy atom. The summed E-state index contributed by atoms with van der Waals surface area (Å²) in [5, 5.41) is 2.98. The molecule has 140 valence electrons. The van der Waals surface area contributed by atoms with Crippen molar-refractivity contribution in [1.29, 1.82) is 0 Å². The minimum atomic E-state index is -3.60. The lowest BCUT2D eigenvalue weighted by molar-refractivity contribution is -0.126. The van der Waals surface area contributed by atoms with Crippen LogP contribution in [0.5, 0.6) is 0 Å². The van der Waals surface area contributed by atoms with Crippen molar-refractivity contribution in [2.75, 3.05) is 19.6 Å². The standard InChI is InChI=1S/C18H24N4O3S/c19-15(12-5-6-12)11-20-18(23)13-7-9-22(10-8-13)17-14-3-1-2-4-16(14)26(24,25)21-17/h1-4,12-13,15H,5-11,19H2,(H,20,23). The fourth-order valence-corrected chi connectivity index (χ4v) is 4.95. The Labute approximate surface area is 153 Å². The van der Waals surface area contributed by atoms with Crippen LogP contribution in [0.4, 0.5) is 0 Å². The zero-order valence-corrected chi connectivity index (χ0v) is 15.4. The third kappa shape index (κ3) is 3.35. The number of amidine groups is 1. The molecule has 4 rings (SSSR count). The summed E-state index contributed by atoms with van der Waals surface area (Å²) < 4.78 is 28.4. The van der Waals surface area contributed by atoms with Gasteiger partial charge >= 0.3 is 0 Å². The van der Waals surface area contributed by atoms with Gasteiger partial charge in [0.05, 0.1) is 0 Å². The Morgan fingerprint density at radius 1 is 1.23 bits per heavy atom. The van der Waals surface area contributed by atoms with E-state index in [1.807, 2.05) is 11.0 Å². The Bertz CT molecular complexity index is 840. The lowest BCUT2D eigenvalue weighted by Gasteiger charge is -2.32. The molecule has 0 aromatic heterocycles. The van der Waals surface area contributed by atoms with Crippen molar-refractivity contribution in [3.63, 3.8) is 0 Å². The van der Waals surface area contributed by atoms with E-state index in [1.54, 1.807) is 18.2 Å². The second-order valence-electron chi connectivity index (χ2n) is 7.39. The average Bonchev–Trinajstić information content (AvgIpc) is 3.46. The molecule has 3 N–H and O–H groups in total. The van der Waals surface area contributed by atoms with Gasteiger partial charge in [-0.15, -0.1) is 4.40 Å². The summed E-state index contributed by atoms with van der Waals surface area (Å²) in [6.45, 7) is 1.78. The van der Waals surface area contributed by atoms with E-state index in [2.05, 4.69) is 9.71 Å². The molecule has 0 spiro atoms. The van der Waals surface area contributed by atoms with Crippen molar-refractivity contribution >= 4 is 21.8 Å². The number of nitrogens with one attached hydrogen (secondary N) is 1. The van der Waals surface area contributed by atoms with Crippen molar-refractivity contribution in [1.82, 2.24) is 10.2 Å². The third-order valence-electron chi connectivity index (χ3n) is 5.52. The number of carbonyl (C=O) groups excluding carboxylic acids is 1. The van der Waals surface area contributed by atoms with E-state index in [0.29, 0.717) is 49.8 Å². The summed E-state index contributed by atoms with van der Waals surface area (Å²) in [6, 6.07) is 6.96. The summed E-state index contributed by atoms with van der Waals surface area (Å²) in [5.74, 6) is 1.09. The van der Waals surface area contributed by atoms with Gasteiger partial charge in [0.15, 0.2) is 5.84 Å². The predicted octanol–water partition coefficient (Wildman–Crippen LogP) is 0.701. The molecule has 2 aliphatic heterocycles. The smallest absolute Gasteiger partial charge is 0.285 e. The average molecular weight is 376 g/mol. The number of nitrogens with zero attached hydrogens (tertiary/aromatic N) is 2. The van der Waals surface area contributed by atoms with Gasteiger partial charge in [0.2, 0.25) is 5.91 Å². The number of hydrogen-bond donors (Lipinski definition) is 2. The predicted molar refractivity (Wildman–Crippen MR) is 98.2 cm³/mol. The number of nitrogens with two attached hydrogens (primary N) is 1. The Morgan fingerprint density at radius 3 is 2.62 bits per heavy atom. The summed E-state index contributed by atoms with van der Waals surface area (Å²) in [6.07, 6.45) is 3.71. The van der Waals surface area contributed by atoms with Crippen LogP contribution in [0.15, 0.2) is 33.6 Å². The molecule has 0 radical (unpaired) electrons. The molecule has 1 saturated heterocycles. The first-order valence-electron chi connectivity index (χ1n) is 9.18. The van der Waals surface area contributed by atoms with Gasteiger partial charge < -0.3 is 16.0 Å². The first kappa shape index (κ1) is 17.5. The fraction of sp³-hybridized carbons (Fsp3) is 0.556. The highest BCUT2D eigenvalue weighted by Gasteiger charge is 2.35. The number of fused-ring (bicyclic) bond motifs is 1. The second kappa shape index (κ2) is 6.66. The van der Waals surface area contributed by atoms with Gasteiger partial charge in [0, 0.05) is 37.2 Å². The number of rotatable bonds is 4. The van der Waals surface area contributed by atoms with Crippen molar-refractivity contribution < 1.29 is 13.2 Å². The molecule has 1 aliphatic carbocycles. The Kier molecular flexibility index (Phi) is 4.48. The summed E-state index contributed by atoms with van der Waals surface area (Å²) in [7, 11) is -3.60. The number of sulfonamides is 1.